The van der Waals surface area contributed by atoms with Crippen LogP contribution in [0.5, 0.6) is 0 Å². The van der Waals surface area contributed by atoms with Gasteiger partial charge in [-0.3, -0.25) is 4.79 Å². The van der Waals surface area contributed by atoms with Gasteiger partial charge in [-0.15, -0.1) is 0 Å². The van der Waals surface area contributed by atoms with Crippen LogP contribution < -0.4 is 10.6 Å². The molecule has 2 aromatic heterocycles. The first kappa shape index (κ1) is 22.2. The quantitative estimate of drug-likeness (QED) is 0.565. The van der Waals surface area contributed by atoms with Crippen LogP contribution in [0.3, 0.4) is 0 Å². The zero-order valence-electron chi connectivity index (χ0n) is 19.0. The summed E-state index contributed by atoms with van der Waals surface area (Å²) in [5.74, 6) is 1.15. The lowest BCUT2D eigenvalue weighted by Crippen LogP contribution is -2.32. The first-order valence-electron chi connectivity index (χ1n) is 11.5. The van der Waals surface area contributed by atoms with Crippen molar-refractivity contribution < 1.29 is 4.79 Å². The third-order valence-corrected chi connectivity index (χ3v) is 6.29. The Morgan fingerprint density at radius 2 is 1.97 bits per heavy atom. The summed E-state index contributed by atoms with van der Waals surface area (Å²) in [6, 6.07) is 9.38. The van der Waals surface area contributed by atoms with E-state index in [-0.39, 0.29) is 0 Å². The Hall–Kier alpha value is -2.97. The molecule has 1 aliphatic heterocycles. The Labute approximate surface area is 189 Å². The van der Waals surface area contributed by atoms with E-state index in [1.807, 2.05) is 24.4 Å². The van der Waals surface area contributed by atoms with E-state index in [0.717, 1.165) is 37.4 Å². The number of nitrogens with one attached hydrogen (secondary N) is 1. The van der Waals surface area contributed by atoms with Gasteiger partial charge >= 0.3 is 0 Å². The van der Waals surface area contributed by atoms with E-state index in [2.05, 4.69) is 43.6 Å². The summed E-state index contributed by atoms with van der Waals surface area (Å²) < 4.78 is 0. The number of aromatic nitrogens is 3. The number of anilines is 1. The van der Waals surface area contributed by atoms with E-state index in [1.54, 1.807) is 12.1 Å². The van der Waals surface area contributed by atoms with Gasteiger partial charge in [-0.1, -0.05) is 13.0 Å². The van der Waals surface area contributed by atoms with Crippen molar-refractivity contribution in [2.24, 2.45) is 5.73 Å². The predicted molar refractivity (Wildman–Crippen MR) is 129 cm³/mol. The summed E-state index contributed by atoms with van der Waals surface area (Å²) in [4.78, 5) is 31.4. The number of aromatic amines is 1. The summed E-state index contributed by atoms with van der Waals surface area (Å²) >= 11 is 0. The van der Waals surface area contributed by atoms with Crippen LogP contribution in [-0.2, 0) is 0 Å². The maximum Gasteiger partial charge on any atom is 0.250 e. The number of likely N-dealkylation sites (N-methyl/N-ethyl adjacent to an activating group) is 1. The lowest BCUT2D eigenvalue weighted by molar-refractivity contribution is 0.100. The maximum atomic E-state index is 11.7. The molecule has 32 heavy (non-hydrogen) atoms. The number of para-hydroxylation sites is 1. The van der Waals surface area contributed by atoms with Gasteiger partial charge in [0, 0.05) is 38.4 Å². The monoisotopic (exact) mass is 435 g/mol. The van der Waals surface area contributed by atoms with Crippen molar-refractivity contribution >= 4 is 22.8 Å². The fraction of sp³-hybridized carbons (Fsp3) is 0.458. The number of hydrogen-bond donors (Lipinski definition) is 2. The second kappa shape index (κ2) is 10.1. The molecule has 1 saturated heterocycles. The molecule has 1 fully saturated rings. The lowest BCUT2D eigenvalue weighted by atomic mass is 10.2. The van der Waals surface area contributed by atoms with Crippen LogP contribution in [0.25, 0.3) is 22.4 Å². The Balaban J connectivity index is 1.35. The SMILES string of the molecule is CCN1CCCN(CCCN(C)c2ccc(-c3nc4cccc(C(N)=O)c4[nH]3)cn2)CC1. The molecule has 0 spiro atoms. The van der Waals surface area contributed by atoms with Gasteiger partial charge < -0.3 is 25.4 Å². The highest BCUT2D eigenvalue weighted by atomic mass is 16.1. The Kier molecular flexibility index (Phi) is 7.02. The summed E-state index contributed by atoms with van der Waals surface area (Å²) in [6.45, 7) is 10.3. The summed E-state index contributed by atoms with van der Waals surface area (Å²) in [5.41, 5.74) is 8.17. The zero-order chi connectivity index (χ0) is 22.5. The largest absolute Gasteiger partial charge is 0.366 e. The van der Waals surface area contributed by atoms with Gasteiger partial charge in [0.1, 0.15) is 11.6 Å². The van der Waals surface area contributed by atoms with Crippen LogP contribution in [0.4, 0.5) is 5.82 Å². The average Bonchev–Trinajstić information content (AvgIpc) is 3.11. The van der Waals surface area contributed by atoms with E-state index in [0.29, 0.717) is 22.4 Å². The zero-order valence-corrected chi connectivity index (χ0v) is 19.0. The van der Waals surface area contributed by atoms with Crippen LogP contribution >= 0.6 is 0 Å². The Morgan fingerprint density at radius 3 is 2.72 bits per heavy atom. The summed E-state index contributed by atoms with van der Waals surface area (Å²) in [6.07, 6.45) is 4.20. The fourth-order valence-electron chi connectivity index (χ4n) is 4.34. The predicted octanol–water partition coefficient (Wildman–Crippen LogP) is 2.58. The molecule has 0 bridgehead atoms. The fourth-order valence-corrected chi connectivity index (χ4v) is 4.34. The van der Waals surface area contributed by atoms with Gasteiger partial charge in [0.25, 0.3) is 5.91 Å². The van der Waals surface area contributed by atoms with E-state index in [4.69, 9.17) is 5.73 Å². The minimum absolute atomic E-state index is 0.442. The van der Waals surface area contributed by atoms with Crippen LogP contribution in [0.15, 0.2) is 36.5 Å². The van der Waals surface area contributed by atoms with Gasteiger partial charge in [-0.25, -0.2) is 9.97 Å². The van der Waals surface area contributed by atoms with Crippen molar-refractivity contribution in [3.63, 3.8) is 0 Å². The number of carbonyl (C=O) groups excluding carboxylic acids is 1. The summed E-state index contributed by atoms with van der Waals surface area (Å²) in [7, 11) is 2.09. The summed E-state index contributed by atoms with van der Waals surface area (Å²) in [5, 5.41) is 0. The lowest BCUT2D eigenvalue weighted by Gasteiger charge is -2.23. The molecule has 8 heteroatoms. The molecule has 1 amide bonds. The molecule has 3 N–H and O–H groups in total. The standard InChI is InChI=1S/C24H33N7O/c1-3-30-12-6-14-31(16-15-30)13-5-11-29(2)21-10-9-18(17-26-21)24-27-20-8-4-7-19(23(25)32)22(20)28-24/h4,7-10,17H,3,5-6,11-16H2,1-2H3,(H2,25,32)(H,27,28). The normalized spacial score (nSPS) is 15.7. The molecule has 1 aliphatic rings. The second-order valence-corrected chi connectivity index (χ2v) is 8.46. The van der Waals surface area contributed by atoms with Gasteiger partial charge in [0.2, 0.25) is 0 Å². The van der Waals surface area contributed by atoms with Crippen LogP contribution in [-0.4, -0.2) is 83.5 Å². The minimum Gasteiger partial charge on any atom is -0.366 e. The molecule has 0 aliphatic carbocycles. The highest BCUT2D eigenvalue weighted by molar-refractivity contribution is 6.04. The van der Waals surface area contributed by atoms with Crippen molar-refractivity contribution in [2.45, 2.75) is 19.8 Å². The van der Waals surface area contributed by atoms with E-state index >= 15 is 0 Å². The number of benzene rings is 1. The number of pyridine rings is 1. The van der Waals surface area contributed by atoms with Crippen molar-refractivity contribution in [1.82, 2.24) is 24.8 Å². The van der Waals surface area contributed by atoms with Crippen molar-refractivity contribution in [1.29, 1.82) is 0 Å². The number of nitrogens with zero attached hydrogens (tertiary/aromatic N) is 5. The molecule has 0 atom stereocenters. The minimum atomic E-state index is -0.469. The molecular formula is C24H33N7O. The van der Waals surface area contributed by atoms with Gasteiger partial charge in [0.15, 0.2) is 0 Å². The topological polar surface area (TPSA) is 94.4 Å². The molecule has 0 unspecified atom stereocenters. The number of H-pyrrole nitrogens is 1. The van der Waals surface area contributed by atoms with Crippen LogP contribution in [0.2, 0.25) is 0 Å². The Morgan fingerprint density at radius 1 is 1.16 bits per heavy atom. The molecule has 4 rings (SSSR count). The van der Waals surface area contributed by atoms with E-state index in [1.165, 1.54) is 32.6 Å². The van der Waals surface area contributed by atoms with E-state index in [9.17, 15) is 4.79 Å². The number of fused-ring (bicyclic) bond motifs is 1. The number of nitrogens with two attached hydrogens (primary N) is 1. The molecule has 3 aromatic rings. The number of imidazole rings is 1. The first-order valence-corrected chi connectivity index (χ1v) is 11.5. The van der Waals surface area contributed by atoms with Crippen molar-refractivity contribution in [3.05, 3.63) is 42.1 Å². The van der Waals surface area contributed by atoms with Crippen molar-refractivity contribution in [2.75, 3.05) is 57.8 Å². The van der Waals surface area contributed by atoms with Gasteiger partial charge in [-0.2, -0.15) is 0 Å². The van der Waals surface area contributed by atoms with Crippen LogP contribution in [0, 0.1) is 0 Å². The molecule has 1 aromatic carbocycles. The third-order valence-electron chi connectivity index (χ3n) is 6.29. The van der Waals surface area contributed by atoms with Crippen molar-refractivity contribution in [3.8, 4) is 11.4 Å². The van der Waals surface area contributed by atoms with Gasteiger partial charge in [-0.05, 0) is 63.3 Å². The molecule has 3 heterocycles. The average molecular weight is 436 g/mol. The highest BCUT2D eigenvalue weighted by Gasteiger charge is 2.14. The molecule has 0 radical (unpaired) electrons. The van der Waals surface area contributed by atoms with E-state index < -0.39 is 5.91 Å². The smallest absolute Gasteiger partial charge is 0.250 e. The van der Waals surface area contributed by atoms with Crippen LogP contribution in [0.1, 0.15) is 30.1 Å². The number of carbonyl (C=O) groups is 1. The number of primary amides is 1. The number of amides is 1. The molecule has 8 nitrogen and oxygen atoms in total. The number of hydrogen-bond acceptors (Lipinski definition) is 6. The third kappa shape index (κ3) is 5.08. The Bertz CT molecular complexity index is 1050. The van der Waals surface area contributed by atoms with Gasteiger partial charge in [0.05, 0.1) is 16.6 Å². The maximum absolute atomic E-state index is 11.7. The molecular weight excluding hydrogens is 402 g/mol. The molecule has 0 saturated carbocycles. The first-order chi connectivity index (χ1) is 15.5. The highest BCUT2D eigenvalue weighted by Crippen LogP contribution is 2.23. The molecule has 170 valence electrons. The second-order valence-electron chi connectivity index (χ2n) is 8.46. The number of rotatable bonds is 8.